The topological polar surface area (TPSA) is 178 Å². The van der Waals surface area contributed by atoms with Crippen LogP contribution in [-0.2, 0) is 23.8 Å². The molecule has 0 aromatic heterocycles. The van der Waals surface area contributed by atoms with Gasteiger partial charge < -0.3 is 46.5 Å². The number of ether oxygens (including phenoxy) is 3. The number of fused-ring (bicyclic) bond motifs is 8. The molecule has 1 spiro atoms. The van der Waals surface area contributed by atoms with Crippen LogP contribution in [0.15, 0.2) is 34.4 Å². The summed E-state index contributed by atoms with van der Waals surface area (Å²) in [5.74, 6) is -0.864. The number of nitrogens with two attached hydrogens (primary N) is 2. The van der Waals surface area contributed by atoms with Crippen LogP contribution in [0.4, 0.5) is 0 Å². The third-order valence-electron chi connectivity index (χ3n) is 16.1. The highest BCUT2D eigenvalue weighted by atomic mass is 16.6. The number of carbonyl (C=O) groups excluding carboxylic acids is 2. The molecule has 2 saturated carbocycles. The minimum absolute atomic E-state index is 0.0227. The highest BCUT2D eigenvalue weighted by Gasteiger charge is 2.66. The Morgan fingerprint density at radius 1 is 1.04 bits per heavy atom. The smallest absolute Gasteiger partial charge is 0.333 e. The zero-order chi connectivity index (χ0) is 37.0. The molecule has 7 fully saturated rings. The Labute approximate surface area is 314 Å². The number of allylic oxidation sites excluding steroid dienone is 3. The summed E-state index contributed by atoms with van der Waals surface area (Å²) in [5, 5.41) is 29.8. The molecule has 2 bridgehead atoms. The maximum absolute atomic E-state index is 13.9. The Morgan fingerprint density at radius 3 is 2.58 bits per heavy atom. The van der Waals surface area contributed by atoms with Gasteiger partial charge in [0.1, 0.15) is 17.5 Å². The van der Waals surface area contributed by atoms with Crippen LogP contribution >= 0.6 is 0 Å². The van der Waals surface area contributed by atoms with Gasteiger partial charge in [0.05, 0.1) is 49.3 Å². The number of hydrogen-bond donors (Lipinski definition) is 6. The number of hydrogen-bond acceptors (Lipinski definition) is 11. The molecule has 13 unspecified atom stereocenters. The molecular formula is C42H62N4O7. The molecule has 9 rings (SSSR count). The van der Waals surface area contributed by atoms with Gasteiger partial charge in [-0.1, -0.05) is 30.6 Å². The first kappa shape index (κ1) is 36.7. The fourth-order valence-electron chi connectivity index (χ4n) is 13.4. The number of carbonyl (C=O) groups is 2. The number of aliphatic hydroxyl groups excluding tert-OH is 2. The van der Waals surface area contributed by atoms with E-state index in [9.17, 15) is 19.8 Å². The van der Waals surface area contributed by atoms with Gasteiger partial charge in [-0.15, -0.1) is 0 Å². The van der Waals surface area contributed by atoms with E-state index in [4.69, 9.17) is 25.7 Å². The summed E-state index contributed by atoms with van der Waals surface area (Å²) in [5.41, 5.74) is 17.8. The number of nitrogens with one attached hydrogen (secondary N) is 2. The zero-order valence-electron chi connectivity index (χ0n) is 31.8. The molecule has 11 nitrogen and oxygen atoms in total. The standard InChI is InChI=1S/C42H62N4O7/c1-4-20(2)40(50)52-31-16-25-36(49)35-30(48)15-24(19-47)51-38(35)26-11-21-7-10-45-39(44)33(21)27-17-42(8-5-6-9-42)29-12-22-14-32(43)46-18-23(22)13-28(34(27)29)41(31,3)53-37(25)26/h4,17,21-26,28,31-33,35-39,45-47,49H,5-16,18-19,43-44H2,1-3H3/t21?,22?,23?,24?,25?,26?,28-,31+,32?,33?,35?,36?,37?,38?,39?,41+/m1/s1. The van der Waals surface area contributed by atoms with Crippen LogP contribution in [0.2, 0.25) is 0 Å². The van der Waals surface area contributed by atoms with Gasteiger partial charge in [0.2, 0.25) is 0 Å². The number of piperidine rings is 2. The van der Waals surface area contributed by atoms with E-state index in [-0.39, 0.29) is 66.2 Å². The van der Waals surface area contributed by atoms with Crippen LogP contribution in [0, 0.1) is 52.8 Å². The minimum Gasteiger partial charge on any atom is -0.456 e. The lowest BCUT2D eigenvalue weighted by Crippen LogP contribution is -2.70. The summed E-state index contributed by atoms with van der Waals surface area (Å²) in [7, 11) is 0. The summed E-state index contributed by atoms with van der Waals surface area (Å²) in [6.45, 7) is 7.19. The quantitative estimate of drug-likeness (QED) is 0.186. The van der Waals surface area contributed by atoms with Crippen molar-refractivity contribution in [2.75, 3.05) is 19.7 Å². The van der Waals surface area contributed by atoms with Crippen LogP contribution < -0.4 is 22.1 Å². The van der Waals surface area contributed by atoms with Crippen molar-refractivity contribution in [3.63, 3.8) is 0 Å². The molecular weight excluding hydrogens is 672 g/mol. The monoisotopic (exact) mass is 734 g/mol. The third-order valence-corrected chi connectivity index (χ3v) is 16.1. The van der Waals surface area contributed by atoms with Gasteiger partial charge in [-0.05, 0) is 114 Å². The fourth-order valence-corrected chi connectivity index (χ4v) is 13.4. The Bertz CT molecular complexity index is 1590. The normalized spacial score (nSPS) is 48.9. The second-order valence-corrected chi connectivity index (χ2v) is 18.7. The predicted octanol–water partition coefficient (Wildman–Crippen LogP) is 2.99. The van der Waals surface area contributed by atoms with Gasteiger partial charge in [-0.2, -0.15) is 0 Å². The van der Waals surface area contributed by atoms with E-state index in [2.05, 4.69) is 23.6 Å². The summed E-state index contributed by atoms with van der Waals surface area (Å²) >= 11 is 0. The molecule has 5 saturated heterocycles. The van der Waals surface area contributed by atoms with E-state index in [1.54, 1.807) is 18.6 Å². The average Bonchev–Trinajstić information content (AvgIpc) is 3.67. The summed E-state index contributed by atoms with van der Waals surface area (Å²) in [6.07, 6.45) is 10.4. The highest BCUT2D eigenvalue weighted by molar-refractivity contribution is 5.88. The molecule has 9 aliphatic rings. The van der Waals surface area contributed by atoms with Gasteiger partial charge in [-0.3, -0.25) is 4.79 Å². The molecule has 11 heteroatoms. The van der Waals surface area contributed by atoms with Crippen LogP contribution in [0.25, 0.3) is 0 Å². The molecule has 8 N–H and O–H groups in total. The van der Waals surface area contributed by atoms with Crippen molar-refractivity contribution in [2.24, 2.45) is 64.2 Å². The Morgan fingerprint density at radius 2 is 1.83 bits per heavy atom. The van der Waals surface area contributed by atoms with Crippen LogP contribution in [-0.4, -0.2) is 90.1 Å². The van der Waals surface area contributed by atoms with E-state index in [0.717, 1.165) is 58.0 Å². The first-order chi connectivity index (χ1) is 25.5. The SMILES string of the molecule is CC=C(C)C(=O)O[C@H]1CC2C(O)C3C(=O)CC(CO)OC3C3CC4CCNC(N)C4C4=CC5(CCCC5)C5=C4[C@@H](CC4CNC(N)CC4C5)[C@]1(C)OC23. The van der Waals surface area contributed by atoms with Crippen molar-refractivity contribution in [1.29, 1.82) is 0 Å². The van der Waals surface area contributed by atoms with Crippen LogP contribution in [0.3, 0.4) is 0 Å². The zero-order valence-corrected chi connectivity index (χ0v) is 31.8. The average molecular weight is 735 g/mol. The number of Topliss-reactive ketones (excluding diaryl/α,β-unsaturated/α-hetero) is 1. The van der Waals surface area contributed by atoms with Crippen molar-refractivity contribution < 1.29 is 34.0 Å². The maximum atomic E-state index is 13.9. The van der Waals surface area contributed by atoms with E-state index < -0.39 is 48.0 Å². The fraction of sp³-hybridized carbons (Fsp3) is 0.810. The van der Waals surface area contributed by atoms with E-state index in [1.807, 2.05) is 6.92 Å². The van der Waals surface area contributed by atoms with Crippen molar-refractivity contribution in [3.05, 3.63) is 34.4 Å². The molecule has 0 aromatic rings. The van der Waals surface area contributed by atoms with Gasteiger partial charge >= 0.3 is 5.97 Å². The van der Waals surface area contributed by atoms with Crippen molar-refractivity contribution in [1.82, 2.24) is 10.6 Å². The number of ketones is 1. The molecule has 0 radical (unpaired) electrons. The predicted molar refractivity (Wildman–Crippen MR) is 198 cm³/mol. The van der Waals surface area contributed by atoms with E-state index in [0.29, 0.717) is 23.8 Å². The second kappa shape index (κ2) is 13.6. The van der Waals surface area contributed by atoms with E-state index >= 15 is 0 Å². The summed E-state index contributed by atoms with van der Waals surface area (Å²) in [6, 6.07) is 0. The Hall–Kier alpha value is -1.96. The molecule has 5 heterocycles. The lowest BCUT2D eigenvalue weighted by molar-refractivity contribution is -0.294. The number of esters is 1. The number of aliphatic hydroxyl groups is 2. The van der Waals surface area contributed by atoms with Crippen molar-refractivity contribution >= 4 is 11.8 Å². The molecule has 53 heavy (non-hydrogen) atoms. The molecule has 292 valence electrons. The molecule has 4 aliphatic carbocycles. The van der Waals surface area contributed by atoms with Gasteiger partial charge in [-0.25, -0.2) is 4.79 Å². The third kappa shape index (κ3) is 5.72. The number of rotatable bonds is 3. The Balaban J connectivity index is 1.26. The van der Waals surface area contributed by atoms with Crippen molar-refractivity contribution in [3.8, 4) is 0 Å². The Kier molecular flexibility index (Phi) is 9.41. The molecule has 5 aliphatic heterocycles. The van der Waals surface area contributed by atoms with Crippen molar-refractivity contribution in [2.45, 2.75) is 140 Å². The summed E-state index contributed by atoms with van der Waals surface area (Å²) in [4.78, 5) is 27.7. The molecule has 0 amide bonds. The maximum Gasteiger partial charge on any atom is 0.333 e. The summed E-state index contributed by atoms with van der Waals surface area (Å²) < 4.78 is 21.0. The second-order valence-electron chi connectivity index (χ2n) is 18.7. The lowest BCUT2D eigenvalue weighted by atomic mass is 9.57. The van der Waals surface area contributed by atoms with Crippen LogP contribution in [0.1, 0.15) is 91.4 Å². The first-order valence-electron chi connectivity index (χ1n) is 20.9. The van der Waals surface area contributed by atoms with Gasteiger partial charge in [0.15, 0.2) is 0 Å². The highest BCUT2D eigenvalue weighted by Crippen LogP contribution is 2.65. The minimum atomic E-state index is -1.02. The van der Waals surface area contributed by atoms with E-state index in [1.165, 1.54) is 24.0 Å². The largest absolute Gasteiger partial charge is 0.456 e. The van der Waals surface area contributed by atoms with Gasteiger partial charge in [0, 0.05) is 41.1 Å². The van der Waals surface area contributed by atoms with Crippen LogP contribution in [0.5, 0.6) is 0 Å². The molecule has 16 atom stereocenters. The lowest BCUT2D eigenvalue weighted by Gasteiger charge is -2.61. The molecule has 0 aromatic carbocycles. The van der Waals surface area contributed by atoms with Gasteiger partial charge in [0.25, 0.3) is 0 Å². The first-order valence-corrected chi connectivity index (χ1v) is 20.9.